The Bertz CT molecular complexity index is 707. The number of ether oxygens (including phenoxy) is 1. The number of hydrogen-bond acceptors (Lipinski definition) is 3. The fourth-order valence-corrected chi connectivity index (χ4v) is 1.96. The summed E-state index contributed by atoms with van der Waals surface area (Å²) in [5.74, 6) is -2.20. The van der Waals surface area contributed by atoms with E-state index < -0.39 is 17.5 Å². The van der Waals surface area contributed by atoms with Gasteiger partial charge in [0.05, 0.1) is 17.3 Å². The molecule has 0 saturated heterocycles. The van der Waals surface area contributed by atoms with Crippen LogP contribution in [0.25, 0.3) is 0 Å². The summed E-state index contributed by atoms with van der Waals surface area (Å²) in [4.78, 5) is 12.0. The molecule has 2 aromatic rings. The van der Waals surface area contributed by atoms with Crippen molar-refractivity contribution in [2.24, 2.45) is 0 Å². The van der Waals surface area contributed by atoms with E-state index in [0.29, 0.717) is 0 Å². The second-order valence-corrected chi connectivity index (χ2v) is 4.94. The normalized spacial score (nSPS) is 10.3. The smallest absolute Gasteiger partial charge is 0.255 e. The number of nitrogens with one attached hydrogen (secondary N) is 1. The largest absolute Gasteiger partial charge is 0.504 e. The summed E-state index contributed by atoms with van der Waals surface area (Å²) in [6, 6.07) is 5.72. The van der Waals surface area contributed by atoms with Gasteiger partial charge in [-0.1, -0.05) is 0 Å². The molecule has 0 fully saturated rings. The van der Waals surface area contributed by atoms with Crippen molar-refractivity contribution in [3.63, 3.8) is 0 Å². The van der Waals surface area contributed by atoms with E-state index in [4.69, 9.17) is 4.74 Å². The van der Waals surface area contributed by atoms with Gasteiger partial charge in [-0.3, -0.25) is 4.79 Å². The van der Waals surface area contributed by atoms with Crippen LogP contribution in [-0.4, -0.2) is 18.1 Å². The number of rotatable bonds is 3. The zero-order valence-electron chi connectivity index (χ0n) is 10.8. The van der Waals surface area contributed by atoms with Crippen LogP contribution in [0.15, 0.2) is 34.8 Å². The Balaban J connectivity index is 2.26. The lowest BCUT2D eigenvalue weighted by molar-refractivity contribution is 0.102. The fraction of sp³-hybridized carbons (Fsp3) is 0.0714. The van der Waals surface area contributed by atoms with Gasteiger partial charge in [-0.25, -0.2) is 8.78 Å². The Morgan fingerprint density at radius 1 is 1.24 bits per heavy atom. The molecule has 2 aromatic carbocycles. The van der Waals surface area contributed by atoms with Crippen molar-refractivity contribution >= 4 is 27.5 Å². The first-order valence-corrected chi connectivity index (χ1v) is 6.54. The number of phenols is 1. The molecule has 7 heteroatoms. The zero-order chi connectivity index (χ0) is 15.6. The van der Waals surface area contributed by atoms with E-state index in [2.05, 4.69) is 21.2 Å². The number of benzene rings is 2. The minimum atomic E-state index is -0.783. The average Bonchev–Trinajstić information content (AvgIpc) is 2.44. The molecule has 2 rings (SSSR count). The number of carbonyl (C=O) groups is 1. The molecule has 0 saturated carbocycles. The van der Waals surface area contributed by atoms with Crippen LogP contribution in [0.4, 0.5) is 14.5 Å². The molecule has 0 unspecified atom stereocenters. The highest BCUT2D eigenvalue weighted by atomic mass is 79.9. The molecule has 0 spiro atoms. The number of halogens is 3. The van der Waals surface area contributed by atoms with Gasteiger partial charge in [0, 0.05) is 11.6 Å². The van der Waals surface area contributed by atoms with Crippen LogP contribution in [0.3, 0.4) is 0 Å². The van der Waals surface area contributed by atoms with Crippen molar-refractivity contribution in [3.8, 4) is 11.5 Å². The number of carbonyl (C=O) groups excluding carboxylic acids is 1. The Labute approximate surface area is 127 Å². The van der Waals surface area contributed by atoms with Crippen LogP contribution >= 0.6 is 15.9 Å². The first-order chi connectivity index (χ1) is 9.92. The van der Waals surface area contributed by atoms with Crippen molar-refractivity contribution < 1.29 is 23.4 Å². The second-order valence-electron chi connectivity index (χ2n) is 4.09. The van der Waals surface area contributed by atoms with Crippen molar-refractivity contribution in [1.82, 2.24) is 0 Å². The molecule has 110 valence electrons. The van der Waals surface area contributed by atoms with Crippen LogP contribution in [0, 0.1) is 11.6 Å². The van der Waals surface area contributed by atoms with Crippen molar-refractivity contribution in [2.75, 3.05) is 12.4 Å². The summed E-state index contributed by atoms with van der Waals surface area (Å²) in [7, 11) is 1.37. The third-order valence-electron chi connectivity index (χ3n) is 2.70. The standard InChI is InChI=1S/C14H10BrF2NO3/c1-21-13-3-2-7(4-12(13)19)14(20)18-11-6-9(16)8(15)5-10(11)17/h2-6,19H,1H3,(H,18,20). The average molecular weight is 358 g/mol. The quantitative estimate of drug-likeness (QED) is 0.823. The van der Waals surface area contributed by atoms with Gasteiger partial charge in [-0.15, -0.1) is 0 Å². The van der Waals surface area contributed by atoms with Gasteiger partial charge in [0.25, 0.3) is 5.91 Å². The predicted octanol–water partition coefficient (Wildman–Crippen LogP) is 3.69. The summed E-state index contributed by atoms with van der Waals surface area (Å²) in [6.45, 7) is 0. The van der Waals surface area contributed by atoms with Crippen molar-refractivity contribution in [3.05, 3.63) is 52.0 Å². The molecule has 0 heterocycles. The molecule has 0 aromatic heterocycles. The number of anilines is 1. The molecule has 1 amide bonds. The summed E-state index contributed by atoms with van der Waals surface area (Å²) in [5, 5.41) is 11.8. The molecule has 21 heavy (non-hydrogen) atoms. The van der Waals surface area contributed by atoms with Gasteiger partial charge in [-0.2, -0.15) is 0 Å². The van der Waals surface area contributed by atoms with E-state index in [1.165, 1.54) is 25.3 Å². The Hall–Kier alpha value is -2.15. The van der Waals surface area contributed by atoms with E-state index in [1.807, 2.05) is 0 Å². The van der Waals surface area contributed by atoms with E-state index in [9.17, 15) is 18.7 Å². The number of aromatic hydroxyl groups is 1. The Kier molecular flexibility index (Phi) is 4.42. The van der Waals surface area contributed by atoms with Gasteiger partial charge in [0.2, 0.25) is 0 Å². The number of phenolic OH excluding ortho intramolecular Hbond substituents is 1. The summed E-state index contributed by atoms with van der Waals surface area (Å²) in [5.41, 5.74) is -0.216. The van der Waals surface area contributed by atoms with E-state index in [0.717, 1.165) is 12.1 Å². The first kappa shape index (κ1) is 15.2. The molecule has 4 nitrogen and oxygen atoms in total. The van der Waals surface area contributed by atoms with Crippen molar-refractivity contribution in [2.45, 2.75) is 0 Å². The van der Waals surface area contributed by atoms with E-state index >= 15 is 0 Å². The van der Waals surface area contributed by atoms with Crippen LogP contribution in [0.5, 0.6) is 11.5 Å². The summed E-state index contributed by atoms with van der Waals surface area (Å²) in [6.07, 6.45) is 0. The minimum absolute atomic E-state index is 0.0416. The molecular formula is C14H10BrF2NO3. The molecule has 0 aliphatic heterocycles. The number of methoxy groups -OCH3 is 1. The monoisotopic (exact) mass is 357 g/mol. The molecule has 2 N–H and O–H groups in total. The van der Waals surface area contributed by atoms with E-state index in [-0.39, 0.29) is 27.2 Å². The highest BCUT2D eigenvalue weighted by Crippen LogP contribution is 2.27. The lowest BCUT2D eigenvalue weighted by Crippen LogP contribution is -2.13. The topological polar surface area (TPSA) is 58.6 Å². The third-order valence-corrected chi connectivity index (χ3v) is 3.31. The Morgan fingerprint density at radius 2 is 1.95 bits per heavy atom. The van der Waals surface area contributed by atoms with Gasteiger partial charge in [0.15, 0.2) is 11.5 Å². The van der Waals surface area contributed by atoms with Gasteiger partial charge >= 0.3 is 0 Å². The number of amides is 1. The SMILES string of the molecule is COc1ccc(C(=O)Nc2cc(F)c(Br)cc2F)cc1O. The summed E-state index contributed by atoms with van der Waals surface area (Å²) < 4.78 is 31.8. The second kappa shape index (κ2) is 6.09. The first-order valence-electron chi connectivity index (χ1n) is 5.75. The molecule has 0 atom stereocenters. The van der Waals surface area contributed by atoms with Crippen LogP contribution in [-0.2, 0) is 0 Å². The van der Waals surface area contributed by atoms with Crippen LogP contribution in [0.1, 0.15) is 10.4 Å². The van der Waals surface area contributed by atoms with Gasteiger partial charge in [0.1, 0.15) is 11.6 Å². The molecule has 0 aliphatic rings. The Morgan fingerprint density at radius 3 is 2.57 bits per heavy atom. The molecule has 0 bridgehead atoms. The zero-order valence-corrected chi connectivity index (χ0v) is 12.4. The maximum absolute atomic E-state index is 13.6. The van der Waals surface area contributed by atoms with Crippen molar-refractivity contribution in [1.29, 1.82) is 0 Å². The summed E-state index contributed by atoms with van der Waals surface area (Å²) >= 11 is 2.84. The highest BCUT2D eigenvalue weighted by molar-refractivity contribution is 9.10. The maximum Gasteiger partial charge on any atom is 0.255 e. The molecular weight excluding hydrogens is 348 g/mol. The highest BCUT2D eigenvalue weighted by Gasteiger charge is 2.14. The van der Waals surface area contributed by atoms with E-state index in [1.54, 1.807) is 0 Å². The minimum Gasteiger partial charge on any atom is -0.504 e. The lowest BCUT2D eigenvalue weighted by atomic mass is 10.2. The predicted molar refractivity (Wildman–Crippen MR) is 76.7 cm³/mol. The van der Waals surface area contributed by atoms with Crippen LogP contribution < -0.4 is 10.1 Å². The molecule has 0 aliphatic carbocycles. The number of hydrogen-bond donors (Lipinski definition) is 2. The van der Waals surface area contributed by atoms with Gasteiger partial charge in [-0.05, 0) is 40.2 Å². The fourth-order valence-electron chi connectivity index (χ4n) is 1.64. The van der Waals surface area contributed by atoms with Gasteiger partial charge < -0.3 is 15.2 Å². The maximum atomic E-state index is 13.6. The van der Waals surface area contributed by atoms with Crippen LogP contribution in [0.2, 0.25) is 0 Å². The third kappa shape index (κ3) is 3.30. The molecule has 0 radical (unpaired) electrons. The lowest BCUT2D eigenvalue weighted by Gasteiger charge is -2.09.